The maximum Gasteiger partial charge on any atom is 0.282 e. The number of hydrogen-bond acceptors (Lipinski definition) is 4. The van der Waals surface area contributed by atoms with E-state index in [0.29, 0.717) is 23.3 Å². The van der Waals surface area contributed by atoms with Gasteiger partial charge in [0.25, 0.3) is 5.56 Å². The maximum atomic E-state index is 11.7. The number of halogens is 1. The first-order valence-electron chi connectivity index (χ1n) is 6.32. The Morgan fingerprint density at radius 3 is 2.85 bits per heavy atom. The van der Waals surface area contributed by atoms with E-state index >= 15 is 0 Å². The van der Waals surface area contributed by atoms with Crippen LogP contribution in [0.1, 0.15) is 6.42 Å². The molecule has 1 aromatic carbocycles. The SMILES string of the molecule is Cn1ncc(NCCCOc2ccccc2)c(Br)c1=O. The van der Waals surface area contributed by atoms with E-state index in [1.807, 2.05) is 30.3 Å². The third-order valence-electron chi connectivity index (χ3n) is 2.73. The molecule has 0 spiro atoms. The molecule has 0 aliphatic carbocycles. The van der Waals surface area contributed by atoms with Gasteiger partial charge in [0.1, 0.15) is 10.2 Å². The molecule has 5 nitrogen and oxygen atoms in total. The Kier molecular flexibility index (Phi) is 5.17. The highest BCUT2D eigenvalue weighted by molar-refractivity contribution is 9.10. The zero-order valence-corrected chi connectivity index (χ0v) is 12.8. The van der Waals surface area contributed by atoms with Gasteiger partial charge in [0.05, 0.1) is 18.5 Å². The van der Waals surface area contributed by atoms with Crippen LogP contribution in [0.5, 0.6) is 5.75 Å². The largest absolute Gasteiger partial charge is 0.494 e. The summed E-state index contributed by atoms with van der Waals surface area (Å²) in [7, 11) is 1.62. The molecule has 1 heterocycles. The lowest BCUT2D eigenvalue weighted by Gasteiger charge is -2.09. The molecule has 0 saturated heterocycles. The number of aryl methyl sites for hydroxylation is 1. The fourth-order valence-corrected chi connectivity index (χ4v) is 2.14. The van der Waals surface area contributed by atoms with Crippen LogP contribution in [-0.4, -0.2) is 22.9 Å². The summed E-state index contributed by atoms with van der Waals surface area (Å²) in [4.78, 5) is 11.7. The van der Waals surface area contributed by atoms with Gasteiger partial charge >= 0.3 is 0 Å². The highest BCUT2D eigenvalue weighted by Crippen LogP contribution is 2.15. The Morgan fingerprint density at radius 1 is 1.35 bits per heavy atom. The molecule has 0 atom stereocenters. The Labute approximate surface area is 125 Å². The molecule has 1 aromatic heterocycles. The second kappa shape index (κ2) is 7.09. The van der Waals surface area contributed by atoms with E-state index in [1.165, 1.54) is 4.68 Å². The number of hydrogen-bond donors (Lipinski definition) is 1. The second-order valence-electron chi connectivity index (χ2n) is 4.24. The van der Waals surface area contributed by atoms with Crippen molar-refractivity contribution in [3.05, 3.63) is 51.4 Å². The molecule has 20 heavy (non-hydrogen) atoms. The molecule has 0 fully saturated rings. The summed E-state index contributed by atoms with van der Waals surface area (Å²) in [5, 5.41) is 7.13. The van der Waals surface area contributed by atoms with Crippen LogP contribution in [0, 0.1) is 0 Å². The molecule has 2 rings (SSSR count). The molecule has 1 N–H and O–H groups in total. The van der Waals surface area contributed by atoms with Gasteiger partial charge in [-0.2, -0.15) is 5.10 Å². The van der Waals surface area contributed by atoms with E-state index in [-0.39, 0.29) is 5.56 Å². The average Bonchev–Trinajstić information content (AvgIpc) is 2.48. The quantitative estimate of drug-likeness (QED) is 0.822. The predicted molar refractivity (Wildman–Crippen MR) is 82.2 cm³/mol. The summed E-state index contributed by atoms with van der Waals surface area (Å²) in [5.41, 5.74) is 0.545. The number of anilines is 1. The zero-order chi connectivity index (χ0) is 14.4. The van der Waals surface area contributed by atoms with Crippen molar-refractivity contribution in [3.63, 3.8) is 0 Å². The topological polar surface area (TPSA) is 56.1 Å². The summed E-state index contributed by atoms with van der Waals surface area (Å²) in [6.07, 6.45) is 2.46. The standard InChI is InChI=1S/C14H16BrN3O2/c1-18-14(19)13(15)12(10-17-18)16-8-5-9-20-11-6-3-2-4-7-11/h2-4,6-7,10,16H,5,8-9H2,1H3. The number of ether oxygens (including phenoxy) is 1. The van der Waals surface area contributed by atoms with Gasteiger partial charge in [-0.25, -0.2) is 4.68 Å². The molecule has 2 aromatic rings. The van der Waals surface area contributed by atoms with Gasteiger partial charge in [0.2, 0.25) is 0 Å². The van der Waals surface area contributed by atoms with Crippen LogP contribution in [-0.2, 0) is 7.05 Å². The first-order valence-corrected chi connectivity index (χ1v) is 7.11. The molecule has 0 bridgehead atoms. The van der Waals surface area contributed by atoms with Gasteiger partial charge in [0.15, 0.2) is 0 Å². The van der Waals surface area contributed by atoms with E-state index in [4.69, 9.17) is 4.74 Å². The van der Waals surface area contributed by atoms with Crippen LogP contribution < -0.4 is 15.6 Å². The number of benzene rings is 1. The molecule has 0 aliphatic rings. The average molecular weight is 338 g/mol. The fraction of sp³-hybridized carbons (Fsp3) is 0.286. The lowest BCUT2D eigenvalue weighted by Crippen LogP contribution is -2.21. The van der Waals surface area contributed by atoms with Gasteiger partial charge in [-0.15, -0.1) is 0 Å². The van der Waals surface area contributed by atoms with Crippen LogP contribution in [0.25, 0.3) is 0 Å². The number of nitrogens with zero attached hydrogens (tertiary/aromatic N) is 2. The van der Waals surface area contributed by atoms with Crippen LogP contribution in [0.15, 0.2) is 45.8 Å². The molecule has 0 radical (unpaired) electrons. The van der Waals surface area contributed by atoms with Crippen LogP contribution in [0.4, 0.5) is 5.69 Å². The molecular weight excluding hydrogens is 322 g/mol. The molecule has 0 saturated carbocycles. The van der Waals surface area contributed by atoms with Crippen LogP contribution >= 0.6 is 15.9 Å². The van der Waals surface area contributed by atoms with Crippen molar-refractivity contribution in [1.82, 2.24) is 9.78 Å². The minimum Gasteiger partial charge on any atom is -0.494 e. The fourth-order valence-electron chi connectivity index (χ4n) is 1.64. The molecule has 6 heteroatoms. The monoisotopic (exact) mass is 337 g/mol. The summed E-state index contributed by atoms with van der Waals surface area (Å²) in [6.45, 7) is 1.33. The van der Waals surface area contributed by atoms with Gasteiger partial charge in [-0.05, 0) is 34.5 Å². The smallest absolute Gasteiger partial charge is 0.282 e. The van der Waals surface area contributed by atoms with Gasteiger partial charge < -0.3 is 10.1 Å². The minimum atomic E-state index is -0.157. The van der Waals surface area contributed by atoms with Crippen molar-refractivity contribution >= 4 is 21.6 Å². The summed E-state index contributed by atoms with van der Waals surface area (Å²) < 4.78 is 7.37. The van der Waals surface area contributed by atoms with Crippen molar-refractivity contribution in [1.29, 1.82) is 0 Å². The minimum absolute atomic E-state index is 0.157. The molecule has 0 aliphatic heterocycles. The molecular formula is C14H16BrN3O2. The van der Waals surface area contributed by atoms with Crippen molar-refractivity contribution in [3.8, 4) is 5.75 Å². The lowest BCUT2D eigenvalue weighted by molar-refractivity contribution is 0.315. The van der Waals surface area contributed by atoms with E-state index in [9.17, 15) is 4.79 Å². The first kappa shape index (κ1) is 14.6. The van der Waals surface area contributed by atoms with Crippen LogP contribution in [0.3, 0.4) is 0 Å². The van der Waals surface area contributed by atoms with E-state index in [0.717, 1.165) is 12.2 Å². The Morgan fingerprint density at radius 2 is 2.10 bits per heavy atom. The van der Waals surface area contributed by atoms with Crippen molar-refractivity contribution in [2.24, 2.45) is 7.05 Å². The molecule has 0 amide bonds. The van der Waals surface area contributed by atoms with Crippen molar-refractivity contribution < 1.29 is 4.74 Å². The number of aromatic nitrogens is 2. The van der Waals surface area contributed by atoms with E-state index in [1.54, 1.807) is 13.2 Å². The first-order chi connectivity index (χ1) is 9.68. The number of rotatable bonds is 6. The van der Waals surface area contributed by atoms with Crippen molar-refractivity contribution in [2.45, 2.75) is 6.42 Å². The van der Waals surface area contributed by atoms with Gasteiger partial charge in [-0.3, -0.25) is 4.79 Å². The second-order valence-corrected chi connectivity index (χ2v) is 5.04. The third kappa shape index (κ3) is 3.84. The Hall–Kier alpha value is -1.82. The van der Waals surface area contributed by atoms with Gasteiger partial charge in [0, 0.05) is 13.6 Å². The van der Waals surface area contributed by atoms with Gasteiger partial charge in [-0.1, -0.05) is 18.2 Å². The molecule has 106 valence electrons. The van der Waals surface area contributed by atoms with Crippen LogP contribution in [0.2, 0.25) is 0 Å². The highest BCUT2D eigenvalue weighted by atomic mass is 79.9. The Balaban J connectivity index is 1.77. The number of nitrogens with one attached hydrogen (secondary N) is 1. The number of para-hydroxylation sites is 1. The van der Waals surface area contributed by atoms with Crippen molar-refractivity contribution in [2.75, 3.05) is 18.5 Å². The normalized spacial score (nSPS) is 10.3. The zero-order valence-electron chi connectivity index (χ0n) is 11.2. The third-order valence-corrected chi connectivity index (χ3v) is 3.49. The lowest BCUT2D eigenvalue weighted by atomic mass is 10.3. The summed E-state index contributed by atoms with van der Waals surface area (Å²) >= 11 is 3.27. The summed E-state index contributed by atoms with van der Waals surface area (Å²) in [5.74, 6) is 0.865. The predicted octanol–water partition coefficient (Wildman–Crippen LogP) is 2.42. The Bertz CT molecular complexity index is 614. The van der Waals surface area contributed by atoms with E-state index < -0.39 is 0 Å². The van der Waals surface area contributed by atoms with E-state index in [2.05, 4.69) is 26.3 Å². The summed E-state index contributed by atoms with van der Waals surface area (Å²) in [6, 6.07) is 9.69. The highest BCUT2D eigenvalue weighted by Gasteiger charge is 2.05. The maximum absolute atomic E-state index is 11.7. The molecule has 0 unspecified atom stereocenters.